The highest BCUT2D eigenvalue weighted by Crippen LogP contribution is 2.14. The van der Waals surface area contributed by atoms with E-state index in [1.54, 1.807) is 4.68 Å². The molecule has 21 heavy (non-hydrogen) atoms. The SMILES string of the molecule is CCCCCCc1c(NC(=O)CCC)c(=O)nnn1CC. The Balaban J connectivity index is 2.96. The molecular formula is C15H26N4O2. The number of nitrogens with one attached hydrogen (secondary N) is 1. The maximum Gasteiger partial charge on any atom is 0.315 e. The van der Waals surface area contributed by atoms with Crippen LogP contribution in [0.1, 0.15) is 65.0 Å². The van der Waals surface area contributed by atoms with Crippen molar-refractivity contribution in [2.75, 3.05) is 5.32 Å². The zero-order valence-corrected chi connectivity index (χ0v) is 13.3. The number of nitrogens with zero attached hydrogens (tertiary/aromatic N) is 3. The summed E-state index contributed by atoms with van der Waals surface area (Å²) in [5, 5.41) is 10.2. The van der Waals surface area contributed by atoms with Crippen molar-refractivity contribution in [1.29, 1.82) is 0 Å². The first kappa shape index (κ1) is 17.3. The average Bonchev–Trinajstić information content (AvgIpc) is 2.47. The Kier molecular flexibility index (Phi) is 7.64. The summed E-state index contributed by atoms with van der Waals surface area (Å²) in [4.78, 5) is 23.7. The molecule has 1 rings (SSSR count). The highest BCUT2D eigenvalue weighted by atomic mass is 16.2. The topological polar surface area (TPSA) is 76.9 Å². The molecule has 0 saturated heterocycles. The predicted molar refractivity (Wildman–Crippen MR) is 83.3 cm³/mol. The van der Waals surface area contributed by atoms with Crippen LogP contribution in [0, 0.1) is 0 Å². The lowest BCUT2D eigenvalue weighted by atomic mass is 10.1. The van der Waals surface area contributed by atoms with Gasteiger partial charge in [-0.25, -0.2) is 4.68 Å². The fourth-order valence-corrected chi connectivity index (χ4v) is 2.23. The molecule has 6 heteroatoms. The van der Waals surface area contributed by atoms with Crippen LogP contribution in [0.2, 0.25) is 0 Å². The van der Waals surface area contributed by atoms with Crippen molar-refractivity contribution >= 4 is 11.6 Å². The number of rotatable bonds is 9. The highest BCUT2D eigenvalue weighted by molar-refractivity contribution is 5.90. The molecule has 0 aliphatic heterocycles. The Morgan fingerprint density at radius 1 is 1.14 bits per heavy atom. The second kappa shape index (κ2) is 9.26. The fraction of sp³-hybridized carbons (Fsp3) is 0.733. The number of hydrogen-bond donors (Lipinski definition) is 1. The second-order valence-electron chi connectivity index (χ2n) is 5.14. The minimum Gasteiger partial charge on any atom is -0.320 e. The summed E-state index contributed by atoms with van der Waals surface area (Å²) in [6.07, 6.45) is 6.32. The van der Waals surface area contributed by atoms with Crippen molar-refractivity contribution < 1.29 is 4.79 Å². The quantitative estimate of drug-likeness (QED) is 0.710. The lowest BCUT2D eigenvalue weighted by Gasteiger charge is -2.14. The van der Waals surface area contributed by atoms with Crippen molar-refractivity contribution in [3.63, 3.8) is 0 Å². The van der Waals surface area contributed by atoms with Gasteiger partial charge in [0, 0.05) is 13.0 Å². The Labute approximate surface area is 125 Å². The van der Waals surface area contributed by atoms with E-state index in [4.69, 9.17) is 0 Å². The molecule has 0 aromatic carbocycles. The molecule has 0 fully saturated rings. The van der Waals surface area contributed by atoms with E-state index in [2.05, 4.69) is 22.6 Å². The van der Waals surface area contributed by atoms with E-state index in [0.717, 1.165) is 37.8 Å². The summed E-state index contributed by atoms with van der Waals surface area (Å²) in [5.74, 6) is -0.139. The van der Waals surface area contributed by atoms with Crippen LogP contribution in [-0.4, -0.2) is 20.9 Å². The first-order chi connectivity index (χ1) is 10.1. The summed E-state index contributed by atoms with van der Waals surface area (Å²) >= 11 is 0. The molecule has 1 N–H and O–H groups in total. The van der Waals surface area contributed by atoms with Crippen LogP contribution >= 0.6 is 0 Å². The van der Waals surface area contributed by atoms with Crippen LogP contribution in [0.4, 0.5) is 5.69 Å². The van der Waals surface area contributed by atoms with Gasteiger partial charge in [-0.1, -0.05) is 43.4 Å². The largest absolute Gasteiger partial charge is 0.320 e. The number of aryl methyl sites for hydroxylation is 1. The number of carbonyl (C=O) groups is 1. The Morgan fingerprint density at radius 2 is 1.90 bits per heavy atom. The zero-order valence-electron chi connectivity index (χ0n) is 13.3. The third-order valence-electron chi connectivity index (χ3n) is 3.37. The van der Waals surface area contributed by atoms with Gasteiger partial charge < -0.3 is 5.32 Å². The lowest BCUT2D eigenvalue weighted by molar-refractivity contribution is -0.116. The van der Waals surface area contributed by atoms with Gasteiger partial charge in [-0.05, 0) is 26.2 Å². The maximum atomic E-state index is 11.9. The number of anilines is 1. The minimum absolute atomic E-state index is 0.139. The van der Waals surface area contributed by atoms with Crippen molar-refractivity contribution in [2.24, 2.45) is 0 Å². The minimum atomic E-state index is -0.449. The van der Waals surface area contributed by atoms with Crippen molar-refractivity contribution in [3.05, 3.63) is 16.0 Å². The van der Waals surface area contributed by atoms with E-state index >= 15 is 0 Å². The second-order valence-corrected chi connectivity index (χ2v) is 5.14. The molecule has 0 atom stereocenters. The van der Waals surface area contributed by atoms with Crippen LogP contribution < -0.4 is 10.9 Å². The molecule has 0 spiro atoms. The fourth-order valence-electron chi connectivity index (χ4n) is 2.23. The van der Waals surface area contributed by atoms with Gasteiger partial charge in [0.05, 0.1) is 5.69 Å². The van der Waals surface area contributed by atoms with E-state index in [0.29, 0.717) is 18.7 Å². The van der Waals surface area contributed by atoms with Gasteiger partial charge in [-0.3, -0.25) is 9.59 Å². The molecular weight excluding hydrogens is 268 g/mol. The normalized spacial score (nSPS) is 10.6. The molecule has 1 amide bonds. The third-order valence-corrected chi connectivity index (χ3v) is 3.37. The molecule has 1 aromatic rings. The molecule has 118 valence electrons. The number of unbranched alkanes of at least 4 members (excludes halogenated alkanes) is 3. The van der Waals surface area contributed by atoms with E-state index in [9.17, 15) is 9.59 Å². The van der Waals surface area contributed by atoms with Crippen molar-refractivity contribution in [2.45, 2.75) is 72.3 Å². The van der Waals surface area contributed by atoms with Crippen LogP contribution in [0.5, 0.6) is 0 Å². The molecule has 0 radical (unpaired) electrons. The highest BCUT2D eigenvalue weighted by Gasteiger charge is 2.15. The first-order valence-electron chi connectivity index (χ1n) is 7.90. The molecule has 0 unspecified atom stereocenters. The predicted octanol–water partition coefficient (Wildman–Crippen LogP) is 2.52. The standard InChI is InChI=1S/C15H26N4O2/c1-4-7-8-9-11-12-14(16-13(20)10-5-2)15(21)17-18-19(12)6-3/h4-11H2,1-3H3,(H,16,20). The average molecular weight is 294 g/mol. The van der Waals surface area contributed by atoms with E-state index < -0.39 is 5.56 Å². The summed E-state index contributed by atoms with van der Waals surface area (Å²) in [7, 11) is 0. The number of carbonyl (C=O) groups excluding carboxylic acids is 1. The van der Waals surface area contributed by atoms with Crippen molar-refractivity contribution in [3.8, 4) is 0 Å². The van der Waals surface area contributed by atoms with Gasteiger partial charge in [-0.2, -0.15) is 0 Å². The van der Waals surface area contributed by atoms with Crippen LogP contribution in [-0.2, 0) is 17.8 Å². The Bertz CT molecular complexity index is 511. The Hall–Kier alpha value is -1.72. The van der Waals surface area contributed by atoms with Gasteiger partial charge >= 0.3 is 5.56 Å². The summed E-state index contributed by atoms with van der Waals surface area (Å²) in [6, 6.07) is 0. The molecule has 1 heterocycles. The molecule has 6 nitrogen and oxygen atoms in total. The lowest BCUT2D eigenvalue weighted by Crippen LogP contribution is -2.27. The van der Waals surface area contributed by atoms with Gasteiger partial charge in [0.15, 0.2) is 0 Å². The molecule has 0 bridgehead atoms. The molecule has 0 saturated carbocycles. The van der Waals surface area contributed by atoms with E-state index in [1.165, 1.54) is 6.42 Å². The molecule has 1 aromatic heterocycles. The van der Waals surface area contributed by atoms with E-state index in [-0.39, 0.29) is 5.91 Å². The van der Waals surface area contributed by atoms with Crippen LogP contribution in [0.25, 0.3) is 0 Å². The van der Waals surface area contributed by atoms with Crippen molar-refractivity contribution in [1.82, 2.24) is 15.0 Å². The summed E-state index contributed by atoms with van der Waals surface area (Å²) in [6.45, 7) is 6.67. The van der Waals surface area contributed by atoms with Crippen LogP contribution in [0.3, 0.4) is 0 Å². The number of aromatic nitrogens is 3. The monoisotopic (exact) mass is 294 g/mol. The Morgan fingerprint density at radius 3 is 2.52 bits per heavy atom. The van der Waals surface area contributed by atoms with Gasteiger partial charge in [0.1, 0.15) is 5.69 Å². The number of hydrogen-bond acceptors (Lipinski definition) is 4. The molecule has 0 aliphatic rings. The third kappa shape index (κ3) is 5.28. The first-order valence-corrected chi connectivity index (χ1v) is 7.90. The van der Waals surface area contributed by atoms with Gasteiger partial charge in [-0.15, -0.1) is 0 Å². The van der Waals surface area contributed by atoms with Gasteiger partial charge in [0.2, 0.25) is 5.91 Å². The van der Waals surface area contributed by atoms with E-state index in [1.807, 2.05) is 13.8 Å². The number of amides is 1. The maximum absolute atomic E-state index is 11.9. The summed E-state index contributed by atoms with van der Waals surface area (Å²) < 4.78 is 1.70. The zero-order chi connectivity index (χ0) is 15.7. The molecule has 0 aliphatic carbocycles. The van der Waals surface area contributed by atoms with Gasteiger partial charge in [0.25, 0.3) is 0 Å². The summed E-state index contributed by atoms with van der Waals surface area (Å²) in [5.41, 5.74) is 0.648. The van der Waals surface area contributed by atoms with Crippen LogP contribution in [0.15, 0.2) is 4.79 Å². The smallest absolute Gasteiger partial charge is 0.315 e.